The van der Waals surface area contributed by atoms with E-state index < -0.39 is 29.9 Å². The topological polar surface area (TPSA) is 120 Å². The van der Waals surface area contributed by atoms with Gasteiger partial charge in [0.25, 0.3) is 0 Å². The summed E-state index contributed by atoms with van der Waals surface area (Å²) in [4.78, 5) is 19.9. The lowest BCUT2D eigenvalue weighted by Crippen LogP contribution is -2.20. The molecule has 0 unspecified atom stereocenters. The Balaban J connectivity index is 2.12. The van der Waals surface area contributed by atoms with Crippen LogP contribution in [0.15, 0.2) is 42.6 Å². The summed E-state index contributed by atoms with van der Waals surface area (Å²) in [6.07, 6.45) is -2.91. The van der Waals surface area contributed by atoms with Gasteiger partial charge in [0.05, 0.1) is 49.3 Å². The first-order chi connectivity index (χ1) is 18.4. The molecule has 2 atom stereocenters. The van der Waals surface area contributed by atoms with Crippen molar-refractivity contribution in [2.45, 2.75) is 57.9 Å². The van der Waals surface area contributed by atoms with Crippen molar-refractivity contribution < 1.29 is 37.7 Å². The van der Waals surface area contributed by atoms with Gasteiger partial charge in [-0.15, -0.1) is 0 Å². The zero-order valence-corrected chi connectivity index (χ0v) is 22.0. The molecule has 210 valence electrons. The number of halogens is 3. The molecule has 12 heteroatoms. The SMILES string of the molecule is CCOC(=O)C[C@H](O)C[C@H](O)C=Cc1c(C(C)C)nn(-c2ccnc(OC)n2)c1-c1cccc(C(F)(F)F)c1. The molecule has 0 spiro atoms. The van der Waals surface area contributed by atoms with Gasteiger partial charge in [0.15, 0.2) is 5.82 Å². The Kier molecular flexibility index (Phi) is 9.81. The van der Waals surface area contributed by atoms with Crippen LogP contribution in [0.1, 0.15) is 56.4 Å². The van der Waals surface area contributed by atoms with Crippen molar-refractivity contribution in [2.75, 3.05) is 13.7 Å². The summed E-state index contributed by atoms with van der Waals surface area (Å²) in [5, 5.41) is 25.4. The van der Waals surface area contributed by atoms with E-state index in [4.69, 9.17) is 9.47 Å². The molecule has 2 aromatic heterocycles. The highest BCUT2D eigenvalue weighted by molar-refractivity contribution is 5.76. The van der Waals surface area contributed by atoms with Crippen molar-refractivity contribution in [3.8, 4) is 23.1 Å². The maximum atomic E-state index is 13.6. The molecule has 0 aliphatic carbocycles. The van der Waals surface area contributed by atoms with Gasteiger partial charge < -0.3 is 19.7 Å². The van der Waals surface area contributed by atoms with Crippen LogP contribution in [0.3, 0.4) is 0 Å². The standard InChI is InChI=1S/C27H31F3N4O5/c1-5-39-23(37)15-20(36)14-19(35)9-10-21-24(16(2)3)33-34(22-11-12-31-26(32-22)38-4)25(21)17-7-6-8-18(13-17)27(28,29)30/h6-13,16,19-20,35-36H,5,14-15H2,1-4H3/t19-,20-/m1/s1. The van der Waals surface area contributed by atoms with E-state index in [0.717, 1.165) is 12.1 Å². The van der Waals surface area contributed by atoms with E-state index in [1.54, 1.807) is 19.1 Å². The predicted molar refractivity (Wildman–Crippen MR) is 137 cm³/mol. The molecule has 0 saturated carbocycles. The second kappa shape index (κ2) is 12.9. The van der Waals surface area contributed by atoms with Gasteiger partial charge in [-0.05, 0) is 25.0 Å². The molecule has 3 rings (SSSR count). The monoisotopic (exact) mass is 548 g/mol. The van der Waals surface area contributed by atoms with Crippen LogP contribution >= 0.6 is 0 Å². The Morgan fingerprint density at radius 2 is 1.95 bits per heavy atom. The van der Waals surface area contributed by atoms with Crippen molar-refractivity contribution in [1.29, 1.82) is 0 Å². The fourth-order valence-electron chi connectivity index (χ4n) is 3.93. The van der Waals surface area contributed by atoms with E-state index in [1.807, 2.05) is 13.8 Å². The van der Waals surface area contributed by atoms with Crippen LogP contribution < -0.4 is 4.74 Å². The third-order valence-corrected chi connectivity index (χ3v) is 5.69. The van der Waals surface area contributed by atoms with E-state index >= 15 is 0 Å². The fraction of sp³-hybridized carbons (Fsp3) is 0.407. The van der Waals surface area contributed by atoms with Crippen molar-refractivity contribution in [3.05, 3.63) is 59.4 Å². The molecule has 0 bridgehead atoms. The number of carbonyl (C=O) groups excluding carboxylic acids is 1. The quantitative estimate of drug-likeness (QED) is 0.335. The predicted octanol–water partition coefficient (Wildman–Crippen LogP) is 4.56. The van der Waals surface area contributed by atoms with E-state index in [-0.39, 0.29) is 42.8 Å². The lowest BCUT2D eigenvalue weighted by atomic mass is 9.97. The smallest absolute Gasteiger partial charge is 0.416 e. The van der Waals surface area contributed by atoms with E-state index in [0.29, 0.717) is 17.0 Å². The summed E-state index contributed by atoms with van der Waals surface area (Å²) in [5.41, 5.74) is 0.687. The molecular weight excluding hydrogens is 517 g/mol. The molecule has 2 heterocycles. The summed E-state index contributed by atoms with van der Waals surface area (Å²) in [7, 11) is 1.39. The number of hydrogen-bond donors (Lipinski definition) is 2. The van der Waals surface area contributed by atoms with Crippen molar-refractivity contribution in [1.82, 2.24) is 19.7 Å². The largest absolute Gasteiger partial charge is 0.467 e. The first kappa shape index (κ1) is 29.8. The number of rotatable bonds is 11. The van der Waals surface area contributed by atoms with Crippen molar-refractivity contribution in [2.24, 2.45) is 0 Å². The maximum absolute atomic E-state index is 13.6. The minimum Gasteiger partial charge on any atom is -0.467 e. The number of methoxy groups -OCH3 is 1. The summed E-state index contributed by atoms with van der Waals surface area (Å²) in [5.74, 6) is -0.483. The fourth-order valence-corrected chi connectivity index (χ4v) is 3.93. The van der Waals surface area contributed by atoms with Gasteiger partial charge in [0, 0.05) is 29.8 Å². The van der Waals surface area contributed by atoms with Crippen LogP contribution in [-0.4, -0.2) is 61.9 Å². The third kappa shape index (κ3) is 7.64. The molecule has 0 fully saturated rings. The summed E-state index contributed by atoms with van der Waals surface area (Å²) < 4.78 is 52.1. The highest BCUT2D eigenvalue weighted by atomic mass is 19.4. The third-order valence-electron chi connectivity index (χ3n) is 5.69. The highest BCUT2D eigenvalue weighted by Gasteiger charge is 2.31. The molecular formula is C27H31F3N4O5. The number of alkyl halides is 3. The number of hydrogen-bond acceptors (Lipinski definition) is 8. The Morgan fingerprint density at radius 1 is 1.21 bits per heavy atom. The molecule has 0 saturated heterocycles. The highest BCUT2D eigenvalue weighted by Crippen LogP contribution is 2.37. The van der Waals surface area contributed by atoms with Crippen LogP contribution in [0, 0.1) is 0 Å². The molecule has 1 aromatic carbocycles. The van der Waals surface area contributed by atoms with Gasteiger partial charge >= 0.3 is 18.2 Å². The second-order valence-corrected chi connectivity index (χ2v) is 9.02. The number of carbonyl (C=O) groups is 1. The van der Waals surface area contributed by atoms with E-state index in [2.05, 4.69) is 15.1 Å². The number of aromatic nitrogens is 4. The number of ether oxygens (including phenoxy) is 2. The Bertz CT molecular complexity index is 1310. The first-order valence-electron chi connectivity index (χ1n) is 12.3. The Labute approximate surface area is 223 Å². The Hall–Kier alpha value is -3.77. The molecule has 0 radical (unpaired) electrons. The van der Waals surface area contributed by atoms with E-state index in [9.17, 15) is 28.2 Å². The van der Waals surface area contributed by atoms with Gasteiger partial charge in [0.1, 0.15) is 0 Å². The van der Waals surface area contributed by atoms with Crippen LogP contribution in [0.2, 0.25) is 0 Å². The number of benzene rings is 1. The van der Waals surface area contributed by atoms with Crippen LogP contribution in [-0.2, 0) is 15.7 Å². The van der Waals surface area contributed by atoms with Crippen LogP contribution in [0.5, 0.6) is 6.01 Å². The van der Waals surface area contributed by atoms with Gasteiger partial charge in [-0.2, -0.15) is 23.3 Å². The lowest BCUT2D eigenvalue weighted by molar-refractivity contribution is -0.145. The zero-order valence-electron chi connectivity index (χ0n) is 22.0. The molecule has 39 heavy (non-hydrogen) atoms. The minimum atomic E-state index is -4.57. The average Bonchev–Trinajstić information content (AvgIpc) is 3.27. The molecule has 0 aliphatic heterocycles. The molecule has 0 aliphatic rings. The molecule has 9 nitrogen and oxygen atoms in total. The number of aliphatic hydroxyl groups is 2. The van der Waals surface area contributed by atoms with Gasteiger partial charge in [-0.3, -0.25) is 4.79 Å². The zero-order chi connectivity index (χ0) is 28.7. The number of aliphatic hydroxyl groups excluding tert-OH is 2. The Morgan fingerprint density at radius 3 is 2.59 bits per heavy atom. The van der Waals surface area contributed by atoms with E-state index in [1.165, 1.54) is 36.2 Å². The molecule has 0 amide bonds. The maximum Gasteiger partial charge on any atom is 0.416 e. The summed E-state index contributed by atoms with van der Waals surface area (Å²) in [6, 6.07) is 6.43. The first-order valence-corrected chi connectivity index (χ1v) is 12.3. The number of nitrogens with zero attached hydrogens (tertiary/aromatic N) is 4. The molecule has 3 aromatic rings. The van der Waals surface area contributed by atoms with Crippen molar-refractivity contribution in [3.63, 3.8) is 0 Å². The normalized spacial score (nSPS) is 13.6. The van der Waals surface area contributed by atoms with Gasteiger partial charge in [-0.25, -0.2) is 9.67 Å². The second-order valence-electron chi connectivity index (χ2n) is 9.02. The molecule has 2 N–H and O–H groups in total. The minimum absolute atomic E-state index is 0.0483. The van der Waals surface area contributed by atoms with Crippen molar-refractivity contribution >= 4 is 12.0 Å². The summed E-state index contributed by atoms with van der Waals surface area (Å²) >= 11 is 0. The van der Waals surface area contributed by atoms with Gasteiger partial charge in [-0.1, -0.05) is 38.1 Å². The number of esters is 1. The average molecular weight is 549 g/mol. The lowest BCUT2D eigenvalue weighted by Gasteiger charge is -2.13. The van der Waals surface area contributed by atoms with Gasteiger partial charge in [0.2, 0.25) is 0 Å². The summed E-state index contributed by atoms with van der Waals surface area (Å²) in [6.45, 7) is 5.57. The van der Waals surface area contributed by atoms with Crippen LogP contribution in [0.4, 0.5) is 13.2 Å². The van der Waals surface area contributed by atoms with Crippen LogP contribution in [0.25, 0.3) is 23.2 Å².